The summed E-state index contributed by atoms with van der Waals surface area (Å²) >= 11 is 1.49. The zero-order valence-electron chi connectivity index (χ0n) is 19.1. The van der Waals surface area contributed by atoms with Crippen LogP contribution in [0.25, 0.3) is 0 Å². The Balaban J connectivity index is 1.76. The van der Waals surface area contributed by atoms with Gasteiger partial charge in [-0.1, -0.05) is 0 Å². The quantitative estimate of drug-likeness (QED) is 0.487. The maximum Gasteiger partial charge on any atom is 0.246 e. The van der Waals surface area contributed by atoms with E-state index in [1.54, 1.807) is 12.1 Å². The summed E-state index contributed by atoms with van der Waals surface area (Å²) in [6.45, 7) is 0.549. The standard InChI is InChI=1S/C21H27N3O7S3/c1-23(33(26,27)18-7-5-17(32-3)6-8-18)15-21(25)22-16-4-9-19(30-2)20(14-16)34(28,29)24-10-12-31-13-11-24/h4-9,14H,10-13,15H2,1-3H3,(H,22,25). The van der Waals surface area contributed by atoms with Crippen LogP contribution in [-0.4, -0.2) is 84.6 Å². The third kappa shape index (κ3) is 5.90. The van der Waals surface area contributed by atoms with E-state index in [1.807, 2.05) is 6.26 Å². The zero-order chi connectivity index (χ0) is 24.9. The molecule has 1 amide bonds. The summed E-state index contributed by atoms with van der Waals surface area (Å²) in [6.07, 6.45) is 1.89. The fourth-order valence-electron chi connectivity index (χ4n) is 3.30. The van der Waals surface area contributed by atoms with E-state index in [2.05, 4.69) is 5.32 Å². The molecular weight excluding hydrogens is 502 g/mol. The van der Waals surface area contributed by atoms with Gasteiger partial charge in [-0.2, -0.15) is 8.61 Å². The van der Waals surface area contributed by atoms with Gasteiger partial charge in [0, 0.05) is 30.7 Å². The minimum absolute atomic E-state index is 0.0731. The van der Waals surface area contributed by atoms with Crippen molar-refractivity contribution in [1.82, 2.24) is 8.61 Å². The second-order valence-corrected chi connectivity index (χ2v) is 12.2. The summed E-state index contributed by atoms with van der Waals surface area (Å²) in [5, 5.41) is 2.57. The summed E-state index contributed by atoms with van der Waals surface area (Å²) in [5.74, 6) is -0.482. The van der Waals surface area contributed by atoms with Gasteiger partial charge in [-0.25, -0.2) is 16.8 Å². The lowest BCUT2D eigenvalue weighted by molar-refractivity contribution is -0.116. The highest BCUT2D eigenvalue weighted by molar-refractivity contribution is 7.98. The molecule has 1 aliphatic rings. The Morgan fingerprint density at radius 2 is 1.76 bits per heavy atom. The van der Waals surface area contributed by atoms with Crippen LogP contribution in [0.1, 0.15) is 0 Å². The number of carbonyl (C=O) groups excluding carboxylic acids is 1. The summed E-state index contributed by atoms with van der Waals surface area (Å²) in [5.41, 5.74) is 0.202. The lowest BCUT2D eigenvalue weighted by Crippen LogP contribution is -2.40. The second-order valence-electron chi connectivity index (χ2n) is 7.37. The van der Waals surface area contributed by atoms with Crippen LogP contribution >= 0.6 is 11.8 Å². The highest BCUT2D eigenvalue weighted by Gasteiger charge is 2.30. The van der Waals surface area contributed by atoms with E-state index in [-0.39, 0.29) is 34.3 Å². The highest BCUT2D eigenvalue weighted by Crippen LogP contribution is 2.30. The highest BCUT2D eigenvalue weighted by atomic mass is 32.2. The van der Waals surface area contributed by atoms with Crippen molar-refractivity contribution >= 4 is 43.4 Å². The normalized spacial score (nSPS) is 15.3. The van der Waals surface area contributed by atoms with Gasteiger partial charge in [0.2, 0.25) is 26.0 Å². The largest absolute Gasteiger partial charge is 0.495 e. The van der Waals surface area contributed by atoms with Gasteiger partial charge in [0.15, 0.2) is 0 Å². The number of amides is 1. The molecule has 10 nitrogen and oxygen atoms in total. The number of carbonyl (C=O) groups is 1. The number of benzene rings is 2. The van der Waals surface area contributed by atoms with E-state index in [1.165, 1.54) is 60.6 Å². The van der Waals surface area contributed by atoms with Gasteiger partial charge in [0.05, 0.1) is 31.8 Å². The van der Waals surface area contributed by atoms with Crippen LogP contribution in [0.2, 0.25) is 0 Å². The van der Waals surface area contributed by atoms with Crippen molar-refractivity contribution in [3.63, 3.8) is 0 Å². The Bertz CT molecular complexity index is 1230. The lowest BCUT2D eigenvalue weighted by atomic mass is 10.3. The van der Waals surface area contributed by atoms with Crippen molar-refractivity contribution in [1.29, 1.82) is 0 Å². The first-order chi connectivity index (χ1) is 16.1. The van der Waals surface area contributed by atoms with Gasteiger partial charge in [0.1, 0.15) is 10.6 Å². The van der Waals surface area contributed by atoms with Crippen LogP contribution in [0.5, 0.6) is 5.75 Å². The van der Waals surface area contributed by atoms with Crippen molar-refractivity contribution in [2.75, 3.05) is 58.6 Å². The molecule has 13 heteroatoms. The number of methoxy groups -OCH3 is 1. The Morgan fingerprint density at radius 3 is 2.35 bits per heavy atom. The molecular formula is C21H27N3O7S3. The molecule has 0 aromatic heterocycles. The van der Waals surface area contributed by atoms with Gasteiger partial charge in [-0.05, 0) is 48.7 Å². The van der Waals surface area contributed by atoms with Crippen LogP contribution in [0.15, 0.2) is 57.2 Å². The molecule has 0 unspecified atom stereocenters. The number of sulfonamides is 2. The molecule has 0 bridgehead atoms. The first kappa shape index (κ1) is 26.4. The third-order valence-corrected chi connectivity index (χ3v) is 9.65. The Hall–Kier alpha value is -2.16. The maximum atomic E-state index is 13.1. The van der Waals surface area contributed by atoms with Crippen molar-refractivity contribution in [3.05, 3.63) is 42.5 Å². The molecule has 1 fully saturated rings. The number of anilines is 1. The zero-order valence-corrected chi connectivity index (χ0v) is 21.5. The Morgan fingerprint density at radius 1 is 1.12 bits per heavy atom. The number of nitrogens with one attached hydrogen (secondary N) is 1. The Labute approximate surface area is 204 Å². The van der Waals surface area contributed by atoms with E-state index < -0.39 is 32.5 Å². The van der Waals surface area contributed by atoms with Crippen LogP contribution in [-0.2, 0) is 29.6 Å². The molecule has 0 spiro atoms. The molecule has 0 aliphatic carbocycles. The lowest BCUT2D eigenvalue weighted by Gasteiger charge is -2.27. The van der Waals surface area contributed by atoms with Crippen LogP contribution in [0.4, 0.5) is 5.69 Å². The summed E-state index contributed by atoms with van der Waals surface area (Å²) in [6, 6.07) is 10.6. The van der Waals surface area contributed by atoms with E-state index >= 15 is 0 Å². The minimum Gasteiger partial charge on any atom is -0.495 e. The molecule has 2 aromatic rings. The third-order valence-electron chi connectivity index (χ3n) is 5.17. The molecule has 1 N–H and O–H groups in total. The fraction of sp³-hybridized carbons (Fsp3) is 0.381. The van der Waals surface area contributed by atoms with Crippen LogP contribution < -0.4 is 10.1 Å². The van der Waals surface area contributed by atoms with Gasteiger partial charge >= 0.3 is 0 Å². The second kappa shape index (κ2) is 11.1. The predicted octanol–water partition coefficient (Wildman–Crippen LogP) is 1.70. The topological polar surface area (TPSA) is 122 Å². The average molecular weight is 530 g/mol. The maximum absolute atomic E-state index is 13.1. The molecule has 2 aromatic carbocycles. The molecule has 0 radical (unpaired) electrons. The summed E-state index contributed by atoms with van der Waals surface area (Å²) < 4.78 is 64.5. The van der Waals surface area contributed by atoms with E-state index in [0.717, 1.165) is 9.20 Å². The van der Waals surface area contributed by atoms with Crippen LogP contribution in [0, 0.1) is 0 Å². The number of rotatable bonds is 9. The monoisotopic (exact) mass is 529 g/mol. The van der Waals surface area contributed by atoms with E-state index in [0.29, 0.717) is 13.2 Å². The number of hydrogen-bond acceptors (Lipinski definition) is 8. The number of thioether (sulfide) groups is 1. The molecule has 3 rings (SSSR count). The molecule has 0 atom stereocenters. The fourth-order valence-corrected chi connectivity index (χ4v) is 6.42. The molecule has 186 valence electrons. The number of nitrogens with zero attached hydrogens (tertiary/aromatic N) is 2. The van der Waals surface area contributed by atoms with E-state index in [4.69, 9.17) is 9.47 Å². The summed E-state index contributed by atoms with van der Waals surface area (Å²) in [4.78, 5) is 13.5. The molecule has 1 heterocycles. The number of ether oxygens (including phenoxy) is 2. The first-order valence-corrected chi connectivity index (χ1v) is 14.4. The smallest absolute Gasteiger partial charge is 0.246 e. The molecule has 1 saturated heterocycles. The van der Waals surface area contributed by atoms with Gasteiger partial charge in [-0.3, -0.25) is 4.79 Å². The van der Waals surface area contributed by atoms with Crippen molar-refractivity contribution < 1.29 is 31.1 Å². The first-order valence-electron chi connectivity index (χ1n) is 10.3. The minimum atomic E-state index is -3.88. The van der Waals surface area contributed by atoms with Gasteiger partial charge < -0.3 is 14.8 Å². The Kier molecular flexibility index (Phi) is 8.60. The molecule has 1 aliphatic heterocycles. The van der Waals surface area contributed by atoms with Crippen molar-refractivity contribution in [3.8, 4) is 5.75 Å². The van der Waals surface area contributed by atoms with Gasteiger partial charge in [-0.15, -0.1) is 11.8 Å². The average Bonchev–Trinajstić information content (AvgIpc) is 2.84. The van der Waals surface area contributed by atoms with E-state index in [9.17, 15) is 21.6 Å². The van der Waals surface area contributed by atoms with Crippen molar-refractivity contribution in [2.24, 2.45) is 0 Å². The van der Waals surface area contributed by atoms with Gasteiger partial charge in [0.25, 0.3) is 0 Å². The predicted molar refractivity (Wildman–Crippen MR) is 129 cm³/mol. The SMILES string of the molecule is COc1ccc(NC(=O)CN(C)S(=O)(=O)c2ccc(SC)cc2)cc1S(=O)(=O)N1CCOCC1. The molecule has 34 heavy (non-hydrogen) atoms. The summed E-state index contributed by atoms with van der Waals surface area (Å²) in [7, 11) is -5.10. The van der Waals surface area contributed by atoms with Crippen LogP contribution in [0.3, 0.4) is 0 Å². The van der Waals surface area contributed by atoms with Crippen molar-refractivity contribution in [2.45, 2.75) is 14.7 Å². The number of hydrogen-bond donors (Lipinski definition) is 1. The number of likely N-dealkylation sites (N-methyl/N-ethyl adjacent to an activating group) is 1. The number of morpholine rings is 1. The molecule has 0 saturated carbocycles.